The minimum Gasteiger partial charge on any atom is -0.477 e. The van der Waals surface area contributed by atoms with Crippen LogP contribution < -0.4 is 4.72 Å². The van der Waals surface area contributed by atoms with E-state index in [0.29, 0.717) is 5.92 Å². The summed E-state index contributed by atoms with van der Waals surface area (Å²) in [6.45, 7) is 2.07. The van der Waals surface area contributed by atoms with Crippen molar-refractivity contribution in [3.05, 3.63) is 16.3 Å². The van der Waals surface area contributed by atoms with E-state index >= 15 is 0 Å². The van der Waals surface area contributed by atoms with E-state index in [-0.39, 0.29) is 15.8 Å². The zero-order valence-corrected chi connectivity index (χ0v) is 13.0. The first-order valence-electron chi connectivity index (χ1n) is 6.78. The van der Waals surface area contributed by atoms with Gasteiger partial charge >= 0.3 is 5.97 Å². The van der Waals surface area contributed by atoms with Crippen LogP contribution in [0.4, 0.5) is 0 Å². The minimum absolute atomic E-state index is 0.0353. The zero-order chi connectivity index (χ0) is 14.8. The van der Waals surface area contributed by atoms with E-state index in [2.05, 4.69) is 11.6 Å². The molecule has 0 aromatic carbocycles. The van der Waals surface area contributed by atoms with Gasteiger partial charge in [-0.25, -0.2) is 17.9 Å². The number of rotatable bonds is 5. The summed E-state index contributed by atoms with van der Waals surface area (Å²) < 4.78 is 27.4. The number of aromatic carboxylic acids is 1. The van der Waals surface area contributed by atoms with Crippen molar-refractivity contribution in [2.45, 2.75) is 50.0 Å². The summed E-state index contributed by atoms with van der Waals surface area (Å²) in [4.78, 5) is 10.9. The van der Waals surface area contributed by atoms with Crippen molar-refractivity contribution in [1.82, 2.24) is 4.72 Å². The summed E-state index contributed by atoms with van der Waals surface area (Å²) in [5.74, 6) is -0.725. The van der Waals surface area contributed by atoms with Crippen molar-refractivity contribution < 1.29 is 18.3 Å². The van der Waals surface area contributed by atoms with E-state index in [1.54, 1.807) is 0 Å². The van der Waals surface area contributed by atoms with Crippen molar-refractivity contribution >= 4 is 27.3 Å². The number of carbonyl (C=O) groups is 1. The molecule has 112 valence electrons. The maximum atomic E-state index is 12.3. The quantitative estimate of drug-likeness (QED) is 0.874. The molecule has 1 aromatic heterocycles. The van der Waals surface area contributed by atoms with Crippen LogP contribution in [0.25, 0.3) is 0 Å². The number of carboxylic acid groups (broad SMARTS) is 1. The Morgan fingerprint density at radius 1 is 1.45 bits per heavy atom. The molecule has 0 spiro atoms. The smallest absolute Gasteiger partial charge is 0.345 e. The van der Waals surface area contributed by atoms with Gasteiger partial charge in [-0.2, -0.15) is 0 Å². The highest BCUT2D eigenvalue weighted by atomic mass is 32.2. The van der Waals surface area contributed by atoms with Crippen LogP contribution in [-0.2, 0) is 10.0 Å². The van der Waals surface area contributed by atoms with Crippen molar-refractivity contribution in [2.24, 2.45) is 5.92 Å². The molecule has 2 N–H and O–H groups in total. The highest BCUT2D eigenvalue weighted by molar-refractivity contribution is 7.89. The van der Waals surface area contributed by atoms with Crippen LogP contribution in [0.15, 0.2) is 16.3 Å². The Bertz CT molecular complexity index is 579. The van der Waals surface area contributed by atoms with Crippen molar-refractivity contribution in [1.29, 1.82) is 0 Å². The van der Waals surface area contributed by atoms with Gasteiger partial charge in [0.1, 0.15) is 4.88 Å². The molecule has 1 aliphatic rings. The van der Waals surface area contributed by atoms with Gasteiger partial charge in [-0.05, 0) is 24.8 Å². The van der Waals surface area contributed by atoms with Crippen molar-refractivity contribution in [3.63, 3.8) is 0 Å². The molecule has 0 radical (unpaired) electrons. The molecule has 1 aromatic rings. The maximum absolute atomic E-state index is 12.3. The third kappa shape index (κ3) is 3.39. The molecule has 2 unspecified atom stereocenters. The molecule has 2 atom stereocenters. The fraction of sp³-hybridized carbons (Fsp3) is 0.615. The second-order valence-corrected chi connectivity index (χ2v) is 7.76. The van der Waals surface area contributed by atoms with E-state index in [4.69, 9.17) is 5.11 Å². The molecule has 0 bridgehead atoms. The Kier molecular flexibility index (Phi) is 4.82. The van der Waals surface area contributed by atoms with E-state index in [9.17, 15) is 13.2 Å². The first-order chi connectivity index (χ1) is 9.44. The molecule has 1 heterocycles. The summed E-state index contributed by atoms with van der Waals surface area (Å²) in [6, 6.07) is 1.19. The van der Waals surface area contributed by atoms with Gasteiger partial charge in [0.15, 0.2) is 0 Å². The summed E-state index contributed by atoms with van der Waals surface area (Å²) in [7, 11) is -3.62. The highest BCUT2D eigenvalue weighted by Crippen LogP contribution is 2.28. The topological polar surface area (TPSA) is 83.5 Å². The minimum atomic E-state index is -3.62. The second kappa shape index (κ2) is 6.24. The van der Waals surface area contributed by atoms with Crippen LogP contribution in [-0.4, -0.2) is 25.5 Å². The van der Waals surface area contributed by atoms with E-state index in [1.165, 1.54) is 11.4 Å². The molecule has 7 heteroatoms. The Labute approximate surface area is 123 Å². The summed E-state index contributed by atoms with van der Waals surface area (Å²) in [6.07, 6.45) is 5.05. The van der Waals surface area contributed by atoms with Crippen molar-refractivity contribution in [3.8, 4) is 0 Å². The molecule has 5 nitrogen and oxygen atoms in total. The lowest BCUT2D eigenvalue weighted by Gasteiger charge is -2.31. The van der Waals surface area contributed by atoms with Gasteiger partial charge in [0.2, 0.25) is 10.0 Å². The summed E-state index contributed by atoms with van der Waals surface area (Å²) in [5.41, 5.74) is 0. The lowest BCUT2D eigenvalue weighted by atomic mass is 9.83. The van der Waals surface area contributed by atoms with Crippen molar-refractivity contribution in [2.75, 3.05) is 0 Å². The molecule has 0 amide bonds. The molecular formula is C13H19NO4S2. The predicted octanol–water partition coefficient (Wildman–Crippen LogP) is 2.69. The fourth-order valence-electron chi connectivity index (χ4n) is 2.69. The lowest BCUT2D eigenvalue weighted by Crippen LogP contribution is -2.41. The molecule has 1 saturated carbocycles. The van der Waals surface area contributed by atoms with Gasteiger partial charge < -0.3 is 5.11 Å². The van der Waals surface area contributed by atoms with E-state index in [0.717, 1.165) is 43.4 Å². The normalized spacial score (nSPS) is 23.6. The van der Waals surface area contributed by atoms with Crippen LogP contribution in [0.3, 0.4) is 0 Å². The average molecular weight is 317 g/mol. The zero-order valence-electron chi connectivity index (χ0n) is 11.3. The Balaban J connectivity index is 2.15. The Morgan fingerprint density at radius 3 is 2.75 bits per heavy atom. The predicted molar refractivity (Wildman–Crippen MR) is 77.6 cm³/mol. The molecular weight excluding hydrogens is 298 g/mol. The van der Waals surface area contributed by atoms with Gasteiger partial charge in [-0.3, -0.25) is 0 Å². The van der Waals surface area contributed by atoms with Gasteiger partial charge in [0, 0.05) is 11.4 Å². The van der Waals surface area contributed by atoms with Crippen LogP contribution >= 0.6 is 11.3 Å². The largest absolute Gasteiger partial charge is 0.477 e. The van der Waals surface area contributed by atoms with Crippen LogP contribution in [0.1, 0.15) is 48.7 Å². The molecule has 1 aliphatic carbocycles. The molecule has 1 fully saturated rings. The summed E-state index contributed by atoms with van der Waals surface area (Å²) in [5, 5.41) is 10.2. The number of sulfonamides is 1. The Hall–Kier alpha value is -0.920. The molecule has 0 aliphatic heterocycles. The second-order valence-electron chi connectivity index (χ2n) is 5.13. The SMILES string of the molecule is CCC1CCCCC1NS(=O)(=O)c1csc(C(=O)O)c1. The number of nitrogens with one attached hydrogen (secondary N) is 1. The van der Waals surface area contributed by atoms with Gasteiger partial charge in [0.25, 0.3) is 0 Å². The number of carboxylic acids is 1. The van der Waals surface area contributed by atoms with Gasteiger partial charge in [-0.1, -0.05) is 26.2 Å². The molecule has 2 rings (SSSR count). The van der Waals surface area contributed by atoms with Crippen LogP contribution in [0.5, 0.6) is 0 Å². The summed E-state index contributed by atoms with van der Waals surface area (Å²) >= 11 is 0.934. The number of hydrogen-bond donors (Lipinski definition) is 2. The average Bonchev–Trinajstić information content (AvgIpc) is 2.89. The molecule has 20 heavy (non-hydrogen) atoms. The standard InChI is InChI=1S/C13H19NO4S2/c1-2-9-5-3-4-6-11(9)14-20(17,18)10-7-12(13(15)16)19-8-10/h7-9,11,14H,2-6H2,1H3,(H,15,16). The van der Waals surface area contributed by atoms with Gasteiger partial charge in [0.05, 0.1) is 4.90 Å². The number of thiophene rings is 1. The van der Waals surface area contributed by atoms with Crippen LogP contribution in [0, 0.1) is 5.92 Å². The fourth-order valence-corrected chi connectivity index (χ4v) is 5.14. The number of hydrogen-bond acceptors (Lipinski definition) is 4. The lowest BCUT2D eigenvalue weighted by molar-refractivity contribution is 0.0702. The third-order valence-corrected chi connectivity index (χ3v) is 6.37. The first-order valence-corrected chi connectivity index (χ1v) is 9.14. The molecule has 0 saturated heterocycles. The van der Waals surface area contributed by atoms with E-state index in [1.807, 2.05) is 0 Å². The van der Waals surface area contributed by atoms with Crippen LogP contribution in [0.2, 0.25) is 0 Å². The Morgan fingerprint density at radius 2 is 2.15 bits per heavy atom. The third-order valence-electron chi connectivity index (χ3n) is 3.84. The maximum Gasteiger partial charge on any atom is 0.345 e. The van der Waals surface area contributed by atoms with E-state index < -0.39 is 16.0 Å². The first kappa shape index (κ1) is 15.5. The van der Waals surface area contributed by atoms with Gasteiger partial charge in [-0.15, -0.1) is 11.3 Å². The highest BCUT2D eigenvalue weighted by Gasteiger charge is 2.29. The monoisotopic (exact) mass is 317 g/mol.